The Morgan fingerprint density at radius 1 is 0.591 bits per heavy atom. The number of aliphatic imine (C=N–C) groups is 2. The summed E-state index contributed by atoms with van der Waals surface area (Å²) in [6.07, 6.45) is 7.94. The van der Waals surface area contributed by atoms with Crippen molar-refractivity contribution in [1.29, 1.82) is 0 Å². The predicted octanol–water partition coefficient (Wildman–Crippen LogP) is 10.4. The highest BCUT2D eigenvalue weighted by molar-refractivity contribution is 5.86. The molecule has 2 aromatic carbocycles. The van der Waals surface area contributed by atoms with Crippen LogP contribution < -0.4 is 0 Å². The summed E-state index contributed by atoms with van der Waals surface area (Å²) in [7, 11) is 0. The maximum Gasteiger partial charge on any atom is 0.128 e. The summed E-state index contributed by atoms with van der Waals surface area (Å²) in [6, 6.07) is 8.64. The predicted molar refractivity (Wildman–Crippen MR) is 191 cm³/mol. The van der Waals surface area contributed by atoms with Gasteiger partial charge in [0.1, 0.15) is 11.5 Å². The van der Waals surface area contributed by atoms with Gasteiger partial charge in [0.2, 0.25) is 0 Å². The number of aromatic hydroxyl groups is 2. The maximum absolute atomic E-state index is 11.5. The van der Waals surface area contributed by atoms with Gasteiger partial charge in [-0.05, 0) is 69.6 Å². The molecule has 1 saturated carbocycles. The van der Waals surface area contributed by atoms with Crippen LogP contribution in [0, 0.1) is 11.8 Å². The first kappa shape index (κ1) is 35.9. The quantitative estimate of drug-likeness (QED) is 0.295. The van der Waals surface area contributed by atoms with Crippen molar-refractivity contribution in [1.82, 2.24) is 0 Å². The molecule has 2 N–H and O–H groups in total. The molecule has 44 heavy (non-hydrogen) atoms. The molecule has 244 valence electrons. The standard InChI is InChI=1S/C40H62N2O2/c1-25(2)39(11,12)31-21-29(37(5,6)7)19-27(35(31)43)23-41-33-17-15-16-18-34(33)42-24-28-20-30(38(8,9)10)22-32(36(28)44)40(13,14)26(3)4/h19-26,33-34,43-44H,15-18H2,1-14H3/t33-,34-/m1/s1. The van der Waals surface area contributed by atoms with Gasteiger partial charge in [0.05, 0.1) is 12.1 Å². The molecule has 4 heteroatoms. The molecule has 4 nitrogen and oxygen atoms in total. The van der Waals surface area contributed by atoms with Crippen molar-refractivity contribution in [2.45, 2.75) is 156 Å². The number of phenolic OH excluding ortho intramolecular Hbond substituents is 2. The summed E-state index contributed by atoms with van der Waals surface area (Å²) in [5.74, 6) is 1.40. The van der Waals surface area contributed by atoms with Crippen LogP contribution in [0.2, 0.25) is 0 Å². The molecule has 0 saturated heterocycles. The Balaban J connectivity index is 2.05. The summed E-state index contributed by atoms with van der Waals surface area (Å²) < 4.78 is 0. The van der Waals surface area contributed by atoms with E-state index in [-0.39, 0.29) is 33.7 Å². The van der Waals surface area contributed by atoms with Gasteiger partial charge in [-0.15, -0.1) is 0 Å². The second kappa shape index (κ2) is 13.0. The number of hydrogen-bond donors (Lipinski definition) is 2. The molecule has 1 fully saturated rings. The molecule has 0 unspecified atom stereocenters. The zero-order chi connectivity index (χ0) is 33.4. The van der Waals surface area contributed by atoms with Crippen LogP contribution in [-0.4, -0.2) is 34.7 Å². The summed E-state index contributed by atoms with van der Waals surface area (Å²) in [5, 5.41) is 23.0. The van der Waals surface area contributed by atoms with E-state index >= 15 is 0 Å². The van der Waals surface area contributed by atoms with Crippen molar-refractivity contribution in [3.05, 3.63) is 57.6 Å². The van der Waals surface area contributed by atoms with E-state index < -0.39 is 0 Å². The van der Waals surface area contributed by atoms with E-state index in [4.69, 9.17) is 9.98 Å². The minimum absolute atomic E-state index is 0.0266. The highest BCUT2D eigenvalue weighted by Gasteiger charge is 2.32. The van der Waals surface area contributed by atoms with Gasteiger partial charge in [-0.1, -0.05) is 122 Å². The SMILES string of the molecule is CC(C)C(C)(C)c1cc(C(C)(C)C)cc(C=N[C@@H]2CCCC[C@H]2N=Cc2cc(C(C)(C)C)cc(C(C)(C)C(C)C)c2O)c1O. The van der Waals surface area contributed by atoms with Crippen molar-refractivity contribution < 1.29 is 10.2 Å². The minimum atomic E-state index is -0.182. The Morgan fingerprint density at radius 3 is 1.18 bits per heavy atom. The lowest BCUT2D eigenvalue weighted by atomic mass is 9.72. The fourth-order valence-electron chi connectivity index (χ4n) is 5.77. The Hall–Kier alpha value is -2.62. The van der Waals surface area contributed by atoms with Crippen molar-refractivity contribution in [2.75, 3.05) is 0 Å². The largest absolute Gasteiger partial charge is 0.507 e. The smallest absolute Gasteiger partial charge is 0.128 e. The Morgan fingerprint density at radius 2 is 0.909 bits per heavy atom. The lowest BCUT2D eigenvalue weighted by Gasteiger charge is -2.33. The van der Waals surface area contributed by atoms with E-state index in [1.165, 1.54) is 11.1 Å². The highest BCUT2D eigenvalue weighted by atomic mass is 16.3. The number of phenols is 2. The molecule has 1 aliphatic rings. The van der Waals surface area contributed by atoms with Crippen LogP contribution in [-0.2, 0) is 21.7 Å². The molecule has 0 bridgehead atoms. The van der Waals surface area contributed by atoms with Gasteiger partial charge in [-0.2, -0.15) is 0 Å². The summed E-state index contributed by atoms with van der Waals surface area (Å²) >= 11 is 0. The number of nitrogens with zero attached hydrogens (tertiary/aromatic N) is 2. The van der Waals surface area contributed by atoms with Crippen LogP contribution in [0.5, 0.6) is 11.5 Å². The number of benzene rings is 2. The van der Waals surface area contributed by atoms with Crippen LogP contribution in [0.3, 0.4) is 0 Å². The lowest BCUT2D eigenvalue weighted by Crippen LogP contribution is -2.28. The van der Waals surface area contributed by atoms with E-state index in [0.29, 0.717) is 23.3 Å². The Kier molecular flexibility index (Phi) is 10.6. The number of rotatable bonds is 8. The second-order valence-corrected chi connectivity index (χ2v) is 17.2. The Bertz CT molecular complexity index is 1260. The van der Waals surface area contributed by atoms with Crippen LogP contribution in [0.15, 0.2) is 34.3 Å². The maximum atomic E-state index is 11.5. The van der Waals surface area contributed by atoms with Crippen LogP contribution in [0.1, 0.15) is 156 Å². The van der Waals surface area contributed by atoms with E-state index in [1.54, 1.807) is 0 Å². The molecule has 0 aromatic heterocycles. The third-order valence-electron chi connectivity index (χ3n) is 10.8. The average Bonchev–Trinajstić information content (AvgIpc) is 2.90. The summed E-state index contributed by atoms with van der Waals surface area (Å²) in [4.78, 5) is 10.2. The molecule has 0 amide bonds. The minimum Gasteiger partial charge on any atom is -0.507 e. The fraction of sp³-hybridized carbons (Fsp3) is 0.650. The average molecular weight is 603 g/mol. The summed E-state index contributed by atoms with van der Waals surface area (Å²) in [5.41, 5.74) is 5.46. The van der Waals surface area contributed by atoms with Gasteiger partial charge in [-0.3, -0.25) is 9.98 Å². The van der Waals surface area contributed by atoms with E-state index in [2.05, 4.69) is 121 Å². The van der Waals surface area contributed by atoms with E-state index in [1.807, 2.05) is 12.4 Å². The van der Waals surface area contributed by atoms with Crippen molar-refractivity contribution >= 4 is 12.4 Å². The lowest BCUT2D eigenvalue weighted by molar-refractivity contribution is 0.350. The van der Waals surface area contributed by atoms with E-state index in [0.717, 1.165) is 47.9 Å². The zero-order valence-corrected chi connectivity index (χ0v) is 30.4. The second-order valence-electron chi connectivity index (χ2n) is 17.2. The Labute approximate surface area is 269 Å². The first-order valence-electron chi connectivity index (χ1n) is 16.9. The van der Waals surface area contributed by atoms with Gasteiger partial charge in [-0.25, -0.2) is 0 Å². The van der Waals surface area contributed by atoms with Gasteiger partial charge < -0.3 is 10.2 Å². The monoisotopic (exact) mass is 602 g/mol. The molecule has 2 aromatic rings. The molecule has 0 radical (unpaired) electrons. The normalized spacial score (nSPS) is 19.2. The van der Waals surface area contributed by atoms with Crippen LogP contribution in [0.4, 0.5) is 0 Å². The molecule has 3 rings (SSSR count). The molecular formula is C40H62N2O2. The fourth-order valence-corrected chi connectivity index (χ4v) is 5.77. The van der Waals surface area contributed by atoms with Gasteiger partial charge >= 0.3 is 0 Å². The molecule has 0 spiro atoms. The van der Waals surface area contributed by atoms with Gasteiger partial charge in [0.25, 0.3) is 0 Å². The topological polar surface area (TPSA) is 65.2 Å². The zero-order valence-electron chi connectivity index (χ0n) is 30.4. The number of hydrogen-bond acceptors (Lipinski definition) is 4. The van der Waals surface area contributed by atoms with Crippen LogP contribution >= 0.6 is 0 Å². The molecule has 0 aliphatic heterocycles. The first-order chi connectivity index (χ1) is 20.1. The van der Waals surface area contributed by atoms with Crippen molar-refractivity contribution in [3.63, 3.8) is 0 Å². The molecule has 2 atom stereocenters. The third kappa shape index (κ3) is 7.77. The molecule has 0 heterocycles. The first-order valence-corrected chi connectivity index (χ1v) is 16.9. The van der Waals surface area contributed by atoms with Crippen molar-refractivity contribution in [3.8, 4) is 11.5 Å². The van der Waals surface area contributed by atoms with Gasteiger partial charge in [0.15, 0.2) is 0 Å². The van der Waals surface area contributed by atoms with Crippen LogP contribution in [0.25, 0.3) is 0 Å². The summed E-state index contributed by atoms with van der Waals surface area (Å²) in [6.45, 7) is 31.0. The van der Waals surface area contributed by atoms with Crippen molar-refractivity contribution in [2.24, 2.45) is 21.8 Å². The highest BCUT2D eigenvalue weighted by Crippen LogP contribution is 2.42. The molecule has 1 aliphatic carbocycles. The third-order valence-corrected chi connectivity index (χ3v) is 10.8. The van der Waals surface area contributed by atoms with Gasteiger partial charge in [0, 0.05) is 34.7 Å². The molecular weight excluding hydrogens is 540 g/mol. The van der Waals surface area contributed by atoms with E-state index in [9.17, 15) is 10.2 Å².